The van der Waals surface area contributed by atoms with Crippen molar-refractivity contribution < 1.29 is 8.42 Å². The minimum Gasteiger partial charge on any atom is -0.329 e. The number of sulfonamides is 1. The number of hydrogen-bond donors (Lipinski definition) is 2. The standard InChI is InChI=1S/C11H14Cl2N2O2S.ClH/c12-8-2-1-3-10(11(8)13)18(16,17)15-9(6-14)7-4-5-7;/h1-3,7,9,15H,4-6,14H2;1H. The Balaban J connectivity index is 0.00000180. The van der Waals surface area contributed by atoms with E-state index in [1.807, 2.05) is 0 Å². The third kappa shape index (κ3) is 3.97. The van der Waals surface area contributed by atoms with Crippen LogP contribution in [0.5, 0.6) is 0 Å². The van der Waals surface area contributed by atoms with E-state index >= 15 is 0 Å². The van der Waals surface area contributed by atoms with E-state index in [1.54, 1.807) is 12.1 Å². The van der Waals surface area contributed by atoms with Crippen LogP contribution in [-0.4, -0.2) is 21.0 Å². The summed E-state index contributed by atoms with van der Waals surface area (Å²) in [6.45, 7) is 0.280. The van der Waals surface area contributed by atoms with Crippen LogP contribution < -0.4 is 10.5 Å². The average Bonchev–Trinajstić information content (AvgIpc) is 3.13. The van der Waals surface area contributed by atoms with Crippen molar-refractivity contribution in [2.24, 2.45) is 11.7 Å². The second kappa shape index (κ2) is 6.61. The highest BCUT2D eigenvalue weighted by Crippen LogP contribution is 2.34. The van der Waals surface area contributed by atoms with Crippen LogP contribution in [0.1, 0.15) is 12.8 Å². The summed E-state index contributed by atoms with van der Waals surface area (Å²) in [6.07, 6.45) is 2.02. The molecule has 0 spiro atoms. The van der Waals surface area contributed by atoms with Gasteiger partial charge in [-0.3, -0.25) is 0 Å². The molecule has 1 unspecified atom stereocenters. The second-order valence-electron chi connectivity index (χ2n) is 4.35. The summed E-state index contributed by atoms with van der Waals surface area (Å²) < 4.78 is 27.0. The molecule has 0 saturated heterocycles. The predicted octanol–water partition coefficient (Wildman–Crippen LogP) is 2.43. The van der Waals surface area contributed by atoms with Gasteiger partial charge in [0.15, 0.2) is 0 Å². The number of benzene rings is 1. The maximum Gasteiger partial charge on any atom is 0.242 e. The summed E-state index contributed by atoms with van der Waals surface area (Å²) in [6, 6.07) is 4.29. The zero-order chi connectivity index (χ0) is 13.3. The average molecular weight is 346 g/mol. The molecular formula is C11H15Cl3N2O2S. The summed E-state index contributed by atoms with van der Waals surface area (Å²) in [5.41, 5.74) is 5.58. The van der Waals surface area contributed by atoms with E-state index in [4.69, 9.17) is 28.9 Å². The van der Waals surface area contributed by atoms with Crippen LogP contribution in [0.15, 0.2) is 23.1 Å². The van der Waals surface area contributed by atoms with Crippen molar-refractivity contribution in [1.82, 2.24) is 4.72 Å². The van der Waals surface area contributed by atoms with Crippen molar-refractivity contribution in [2.75, 3.05) is 6.54 Å². The van der Waals surface area contributed by atoms with Crippen LogP contribution in [0.2, 0.25) is 10.0 Å². The Labute approximate surface area is 129 Å². The summed E-state index contributed by atoms with van der Waals surface area (Å²) in [5.74, 6) is 0.336. The molecular weight excluding hydrogens is 331 g/mol. The zero-order valence-electron chi connectivity index (χ0n) is 9.97. The fourth-order valence-corrected chi connectivity index (χ4v) is 3.87. The normalized spacial score (nSPS) is 16.8. The molecule has 19 heavy (non-hydrogen) atoms. The SMILES string of the molecule is Cl.NCC(NS(=O)(=O)c1cccc(Cl)c1Cl)C1CC1. The maximum atomic E-state index is 12.2. The third-order valence-electron chi connectivity index (χ3n) is 2.96. The number of nitrogens with one attached hydrogen (secondary N) is 1. The molecule has 0 amide bonds. The van der Waals surface area contributed by atoms with Gasteiger partial charge in [0.1, 0.15) is 4.90 Å². The summed E-state index contributed by atoms with van der Waals surface area (Å²) in [7, 11) is -3.68. The molecule has 0 aromatic heterocycles. The Bertz CT molecular complexity index is 547. The van der Waals surface area contributed by atoms with Gasteiger partial charge in [-0.05, 0) is 30.9 Å². The minimum absolute atomic E-state index is 0. The van der Waals surface area contributed by atoms with Gasteiger partial charge in [0.2, 0.25) is 10.0 Å². The first-order valence-electron chi connectivity index (χ1n) is 5.62. The van der Waals surface area contributed by atoms with Gasteiger partial charge in [-0.2, -0.15) is 0 Å². The van der Waals surface area contributed by atoms with E-state index in [9.17, 15) is 8.42 Å². The molecule has 0 radical (unpaired) electrons. The molecule has 2 rings (SSSR count). The Morgan fingerprint density at radius 3 is 2.53 bits per heavy atom. The third-order valence-corrected chi connectivity index (χ3v) is 5.42. The van der Waals surface area contributed by atoms with Gasteiger partial charge < -0.3 is 5.73 Å². The molecule has 1 aliphatic rings. The number of halogens is 3. The fourth-order valence-electron chi connectivity index (χ4n) is 1.79. The Kier molecular flexibility index (Phi) is 5.92. The first-order valence-corrected chi connectivity index (χ1v) is 7.86. The lowest BCUT2D eigenvalue weighted by Gasteiger charge is -2.17. The highest BCUT2D eigenvalue weighted by molar-refractivity contribution is 7.89. The van der Waals surface area contributed by atoms with Crippen LogP contribution in [0, 0.1) is 5.92 Å². The summed E-state index contributed by atoms with van der Waals surface area (Å²) in [4.78, 5) is -0.00392. The summed E-state index contributed by atoms with van der Waals surface area (Å²) >= 11 is 11.7. The summed E-state index contributed by atoms with van der Waals surface area (Å²) in [5, 5.41) is 0.258. The predicted molar refractivity (Wildman–Crippen MR) is 79.6 cm³/mol. The van der Waals surface area contributed by atoms with Gasteiger partial charge in [-0.15, -0.1) is 12.4 Å². The van der Waals surface area contributed by atoms with E-state index in [0.29, 0.717) is 5.92 Å². The van der Waals surface area contributed by atoms with Gasteiger partial charge in [-0.1, -0.05) is 29.3 Å². The molecule has 1 atom stereocenters. The van der Waals surface area contributed by atoms with Crippen molar-refractivity contribution >= 4 is 45.6 Å². The van der Waals surface area contributed by atoms with Crippen LogP contribution in [0.3, 0.4) is 0 Å². The minimum atomic E-state index is -3.68. The number of rotatable bonds is 5. The topological polar surface area (TPSA) is 72.2 Å². The van der Waals surface area contributed by atoms with Gasteiger partial charge in [0.05, 0.1) is 10.0 Å². The van der Waals surface area contributed by atoms with E-state index < -0.39 is 10.0 Å². The quantitative estimate of drug-likeness (QED) is 0.861. The molecule has 1 aliphatic carbocycles. The molecule has 108 valence electrons. The molecule has 3 N–H and O–H groups in total. The van der Waals surface area contributed by atoms with E-state index in [2.05, 4.69) is 4.72 Å². The largest absolute Gasteiger partial charge is 0.329 e. The molecule has 1 aromatic carbocycles. The lowest BCUT2D eigenvalue weighted by Crippen LogP contribution is -2.41. The zero-order valence-corrected chi connectivity index (χ0v) is 13.1. The van der Waals surface area contributed by atoms with Gasteiger partial charge in [0.25, 0.3) is 0 Å². The maximum absolute atomic E-state index is 12.2. The van der Waals surface area contributed by atoms with Gasteiger partial charge in [-0.25, -0.2) is 13.1 Å². The van der Waals surface area contributed by atoms with Crippen LogP contribution in [-0.2, 0) is 10.0 Å². The first kappa shape index (κ1) is 17.0. The highest BCUT2D eigenvalue weighted by atomic mass is 35.5. The van der Waals surface area contributed by atoms with Gasteiger partial charge >= 0.3 is 0 Å². The molecule has 1 saturated carbocycles. The van der Waals surface area contributed by atoms with E-state index in [1.165, 1.54) is 6.07 Å². The van der Waals surface area contributed by atoms with Crippen molar-refractivity contribution in [3.63, 3.8) is 0 Å². The van der Waals surface area contributed by atoms with E-state index in [-0.39, 0.29) is 39.9 Å². The molecule has 0 bridgehead atoms. The van der Waals surface area contributed by atoms with Crippen LogP contribution in [0.25, 0.3) is 0 Å². The number of nitrogens with two attached hydrogens (primary N) is 1. The molecule has 4 nitrogen and oxygen atoms in total. The van der Waals surface area contributed by atoms with Crippen molar-refractivity contribution in [3.05, 3.63) is 28.2 Å². The van der Waals surface area contributed by atoms with Crippen LogP contribution >= 0.6 is 35.6 Å². The molecule has 8 heteroatoms. The van der Waals surface area contributed by atoms with Crippen molar-refractivity contribution in [1.29, 1.82) is 0 Å². The highest BCUT2D eigenvalue weighted by Gasteiger charge is 2.34. The first-order chi connectivity index (χ1) is 8.45. The molecule has 1 aromatic rings. The monoisotopic (exact) mass is 344 g/mol. The lowest BCUT2D eigenvalue weighted by molar-refractivity contribution is 0.519. The Morgan fingerprint density at radius 1 is 1.37 bits per heavy atom. The fraction of sp³-hybridized carbons (Fsp3) is 0.455. The molecule has 0 heterocycles. The molecule has 0 aliphatic heterocycles. The lowest BCUT2D eigenvalue weighted by atomic mass is 10.2. The van der Waals surface area contributed by atoms with Crippen molar-refractivity contribution in [3.8, 4) is 0 Å². The number of hydrogen-bond acceptors (Lipinski definition) is 3. The second-order valence-corrected chi connectivity index (χ2v) is 6.82. The van der Waals surface area contributed by atoms with E-state index in [0.717, 1.165) is 12.8 Å². The van der Waals surface area contributed by atoms with Crippen molar-refractivity contribution in [2.45, 2.75) is 23.8 Å². The van der Waals surface area contributed by atoms with Crippen LogP contribution in [0.4, 0.5) is 0 Å². The Morgan fingerprint density at radius 2 is 2.00 bits per heavy atom. The van der Waals surface area contributed by atoms with Gasteiger partial charge in [0, 0.05) is 12.6 Å². The Hall–Kier alpha value is -0.0400. The molecule has 1 fully saturated rings. The smallest absolute Gasteiger partial charge is 0.242 e.